The number of hydrogen-bond donors (Lipinski definition) is 1. The van der Waals surface area contributed by atoms with Crippen molar-refractivity contribution in [1.29, 1.82) is 0 Å². The maximum absolute atomic E-state index is 12.6. The summed E-state index contributed by atoms with van der Waals surface area (Å²) < 4.78 is 48.9. The maximum Gasteiger partial charge on any atom is 0.419 e. The number of nitrogens with zero attached hydrogens (tertiary/aromatic N) is 5. The van der Waals surface area contributed by atoms with Crippen LogP contribution in [0.25, 0.3) is 0 Å². The Bertz CT molecular complexity index is 996. The van der Waals surface area contributed by atoms with Gasteiger partial charge in [-0.3, -0.25) is 9.59 Å². The molecule has 1 aliphatic heterocycles. The van der Waals surface area contributed by atoms with E-state index in [0.29, 0.717) is 26.2 Å². The minimum atomic E-state index is -4.49. The van der Waals surface area contributed by atoms with Crippen LogP contribution < -0.4 is 15.2 Å². The molecule has 1 amide bonds. The lowest BCUT2D eigenvalue weighted by Crippen LogP contribution is -2.49. The van der Waals surface area contributed by atoms with E-state index in [-0.39, 0.29) is 42.3 Å². The van der Waals surface area contributed by atoms with Crippen molar-refractivity contribution in [3.05, 3.63) is 39.5 Å². The van der Waals surface area contributed by atoms with Crippen LogP contribution >= 0.6 is 11.6 Å². The number of rotatable bonds is 8. The van der Waals surface area contributed by atoms with E-state index in [1.165, 1.54) is 6.20 Å². The molecule has 0 radical (unpaired) electrons. The summed E-state index contributed by atoms with van der Waals surface area (Å²) in [4.78, 5) is 34.8. The van der Waals surface area contributed by atoms with Crippen LogP contribution in [0.5, 0.6) is 5.75 Å². The highest BCUT2D eigenvalue weighted by Crippen LogP contribution is 2.28. The number of halogens is 4. The van der Waals surface area contributed by atoms with Crippen molar-refractivity contribution >= 4 is 23.5 Å². The Hall–Kier alpha value is -2.93. The second-order valence-electron chi connectivity index (χ2n) is 7.27. The van der Waals surface area contributed by atoms with Gasteiger partial charge in [-0.05, 0) is 6.92 Å². The van der Waals surface area contributed by atoms with Gasteiger partial charge >= 0.3 is 6.18 Å². The molecular formula is C19H22ClF3N6O4. The van der Waals surface area contributed by atoms with E-state index in [0.717, 1.165) is 12.4 Å². The number of nitrogens with one attached hydrogen (secondary N) is 1. The van der Waals surface area contributed by atoms with Crippen molar-refractivity contribution < 1.29 is 27.4 Å². The van der Waals surface area contributed by atoms with Crippen LogP contribution in [0.3, 0.4) is 0 Å². The van der Waals surface area contributed by atoms with Gasteiger partial charge < -0.3 is 19.3 Å². The Balaban J connectivity index is 1.36. The molecule has 0 aromatic carbocycles. The fraction of sp³-hybridized carbons (Fsp3) is 0.526. The minimum Gasteiger partial charge on any atom is -0.485 e. The quantitative estimate of drug-likeness (QED) is 0.557. The Labute approximate surface area is 191 Å². The maximum atomic E-state index is 12.6. The molecule has 33 heavy (non-hydrogen) atoms. The number of amides is 1. The SMILES string of the molecule is C[C@@H](COCCC(=O)N1CCN(c2ncc(C(F)(F)F)cn2)CC1)Oc1cn[nH]c(=O)c1Cl. The highest BCUT2D eigenvalue weighted by molar-refractivity contribution is 6.31. The van der Waals surface area contributed by atoms with Crippen LogP contribution in [-0.2, 0) is 15.7 Å². The number of carbonyl (C=O) groups is 1. The van der Waals surface area contributed by atoms with Crippen LogP contribution in [0.4, 0.5) is 19.1 Å². The highest BCUT2D eigenvalue weighted by Gasteiger charge is 2.32. The van der Waals surface area contributed by atoms with Gasteiger partial charge in [0.2, 0.25) is 11.9 Å². The Morgan fingerprint density at radius 3 is 2.52 bits per heavy atom. The molecule has 10 nitrogen and oxygen atoms in total. The molecule has 0 saturated carbocycles. The number of hydrogen-bond acceptors (Lipinski definition) is 8. The molecule has 1 N–H and O–H groups in total. The number of H-pyrrole nitrogens is 1. The van der Waals surface area contributed by atoms with E-state index in [4.69, 9.17) is 21.1 Å². The van der Waals surface area contributed by atoms with Gasteiger partial charge in [-0.2, -0.15) is 18.3 Å². The van der Waals surface area contributed by atoms with Gasteiger partial charge in [0.15, 0.2) is 10.8 Å². The van der Waals surface area contributed by atoms with Crippen LogP contribution in [0.2, 0.25) is 5.02 Å². The zero-order valence-electron chi connectivity index (χ0n) is 17.6. The summed E-state index contributed by atoms with van der Waals surface area (Å²) in [5.41, 5.74) is -1.46. The molecular weight excluding hydrogens is 469 g/mol. The zero-order chi connectivity index (χ0) is 24.0. The lowest BCUT2D eigenvalue weighted by molar-refractivity contribution is -0.138. The standard InChI is InChI=1S/C19H22ClF3N6O4/c1-12(33-14-10-26-27-17(31)16(14)20)11-32-7-2-15(30)28-3-5-29(6-4-28)18-24-8-13(9-25-18)19(21,22)23/h8-10,12H,2-7,11H2,1H3,(H,27,31)/t12-/m0/s1. The van der Waals surface area contributed by atoms with E-state index in [1.807, 2.05) is 0 Å². The van der Waals surface area contributed by atoms with Gasteiger partial charge in [0, 0.05) is 38.6 Å². The molecule has 1 saturated heterocycles. The van der Waals surface area contributed by atoms with E-state index in [2.05, 4.69) is 20.2 Å². The highest BCUT2D eigenvalue weighted by atomic mass is 35.5. The first-order valence-corrected chi connectivity index (χ1v) is 10.4. The summed E-state index contributed by atoms with van der Waals surface area (Å²) >= 11 is 5.84. The molecule has 1 aliphatic rings. The second-order valence-corrected chi connectivity index (χ2v) is 7.65. The first kappa shape index (κ1) is 24.7. The van der Waals surface area contributed by atoms with E-state index in [9.17, 15) is 22.8 Å². The normalized spacial score (nSPS) is 15.4. The Morgan fingerprint density at radius 1 is 1.21 bits per heavy atom. The molecule has 0 aliphatic carbocycles. The molecule has 1 atom stereocenters. The number of aromatic nitrogens is 4. The number of carbonyl (C=O) groups excluding carboxylic acids is 1. The number of aromatic amines is 1. The summed E-state index contributed by atoms with van der Waals surface area (Å²) in [6.07, 6.45) is -1.95. The summed E-state index contributed by atoms with van der Waals surface area (Å²) in [5.74, 6) is 0.240. The lowest BCUT2D eigenvalue weighted by atomic mass is 10.3. The third kappa shape index (κ3) is 6.78. The molecule has 3 heterocycles. The summed E-state index contributed by atoms with van der Waals surface area (Å²) in [6, 6.07) is 0. The lowest BCUT2D eigenvalue weighted by Gasteiger charge is -2.34. The summed E-state index contributed by atoms with van der Waals surface area (Å²) in [7, 11) is 0. The van der Waals surface area contributed by atoms with Crippen LogP contribution in [0.1, 0.15) is 18.9 Å². The molecule has 2 aromatic heterocycles. The van der Waals surface area contributed by atoms with Gasteiger partial charge in [0.1, 0.15) is 6.10 Å². The Kier molecular flexibility index (Phi) is 8.08. The number of piperazine rings is 1. The molecule has 0 spiro atoms. The number of ether oxygens (including phenoxy) is 2. The van der Waals surface area contributed by atoms with Gasteiger partial charge in [-0.25, -0.2) is 15.1 Å². The smallest absolute Gasteiger partial charge is 0.419 e. The largest absolute Gasteiger partial charge is 0.485 e. The topological polar surface area (TPSA) is 114 Å². The van der Waals surface area contributed by atoms with Gasteiger partial charge in [-0.1, -0.05) is 11.6 Å². The monoisotopic (exact) mass is 490 g/mol. The Morgan fingerprint density at radius 2 is 1.88 bits per heavy atom. The fourth-order valence-electron chi connectivity index (χ4n) is 3.05. The predicted octanol–water partition coefficient (Wildman–Crippen LogP) is 1.75. The molecule has 180 valence electrons. The molecule has 14 heteroatoms. The zero-order valence-corrected chi connectivity index (χ0v) is 18.4. The third-order valence-corrected chi connectivity index (χ3v) is 5.14. The van der Waals surface area contributed by atoms with Crippen molar-refractivity contribution in [1.82, 2.24) is 25.1 Å². The summed E-state index contributed by atoms with van der Waals surface area (Å²) in [6.45, 7) is 3.70. The molecule has 0 unspecified atom stereocenters. The average Bonchev–Trinajstić information content (AvgIpc) is 2.79. The van der Waals surface area contributed by atoms with Gasteiger partial charge in [-0.15, -0.1) is 0 Å². The summed E-state index contributed by atoms with van der Waals surface area (Å²) in [5, 5.41) is 5.70. The molecule has 1 fully saturated rings. The van der Waals surface area contributed by atoms with E-state index in [1.54, 1.807) is 16.7 Å². The fourth-order valence-corrected chi connectivity index (χ4v) is 3.19. The van der Waals surface area contributed by atoms with Crippen molar-refractivity contribution in [2.75, 3.05) is 44.3 Å². The second kappa shape index (κ2) is 10.8. The van der Waals surface area contributed by atoms with Crippen molar-refractivity contribution in [2.45, 2.75) is 25.6 Å². The molecule has 0 bridgehead atoms. The molecule has 2 aromatic rings. The number of anilines is 1. The van der Waals surface area contributed by atoms with Crippen LogP contribution in [0.15, 0.2) is 23.4 Å². The van der Waals surface area contributed by atoms with Gasteiger partial charge in [0.25, 0.3) is 5.56 Å². The van der Waals surface area contributed by atoms with E-state index < -0.39 is 23.4 Å². The predicted molar refractivity (Wildman–Crippen MR) is 111 cm³/mol. The van der Waals surface area contributed by atoms with Crippen molar-refractivity contribution in [2.24, 2.45) is 0 Å². The van der Waals surface area contributed by atoms with Crippen LogP contribution in [-0.4, -0.2) is 76.5 Å². The molecule has 3 rings (SSSR count). The minimum absolute atomic E-state index is 0.0987. The van der Waals surface area contributed by atoms with Crippen LogP contribution in [0, 0.1) is 0 Å². The average molecular weight is 491 g/mol. The third-order valence-electron chi connectivity index (χ3n) is 4.79. The first-order valence-electron chi connectivity index (χ1n) is 10.0. The van der Waals surface area contributed by atoms with Crippen molar-refractivity contribution in [3.8, 4) is 5.75 Å². The first-order chi connectivity index (χ1) is 15.6. The van der Waals surface area contributed by atoms with Gasteiger partial charge in [0.05, 0.1) is 31.4 Å². The van der Waals surface area contributed by atoms with Crippen molar-refractivity contribution in [3.63, 3.8) is 0 Å². The van der Waals surface area contributed by atoms with E-state index >= 15 is 0 Å². The number of alkyl halides is 3.